The molecule has 2 nitrogen and oxygen atoms in total. The molecule has 0 heterocycles. The average molecular weight is 526 g/mol. The van der Waals surface area contributed by atoms with Crippen LogP contribution in [-0.2, 0) is 5.92 Å². The standard InChI is InChI=1S/C14H7F17N2/c15-7(16,4-1-5(32)3-6(33)2-4)8(17,18)9(19,20)10(21,22)11(23,24)12(25,26)13(27,28)14(29,30)31/h1-3H,32-33H2. The molecular weight excluding hydrogens is 519 g/mol. The summed E-state index contributed by atoms with van der Waals surface area (Å²) in [4.78, 5) is 0. The van der Waals surface area contributed by atoms with Crippen LogP contribution >= 0.6 is 0 Å². The highest BCUT2D eigenvalue weighted by molar-refractivity contribution is 5.55. The van der Waals surface area contributed by atoms with Gasteiger partial charge in [-0.15, -0.1) is 0 Å². The first-order valence-corrected chi connectivity index (χ1v) is 7.52. The summed E-state index contributed by atoms with van der Waals surface area (Å²) in [5.74, 6) is -56.9. The lowest BCUT2D eigenvalue weighted by atomic mass is 9.87. The van der Waals surface area contributed by atoms with Gasteiger partial charge in [0.25, 0.3) is 0 Å². The molecular formula is C14H7F17N2. The second-order valence-electron chi connectivity index (χ2n) is 6.41. The molecule has 0 spiro atoms. The number of hydrogen-bond acceptors (Lipinski definition) is 2. The van der Waals surface area contributed by atoms with Gasteiger partial charge in [0.2, 0.25) is 0 Å². The van der Waals surface area contributed by atoms with Crippen molar-refractivity contribution < 1.29 is 74.6 Å². The van der Waals surface area contributed by atoms with Gasteiger partial charge >= 0.3 is 47.6 Å². The van der Waals surface area contributed by atoms with E-state index in [0.717, 1.165) is 0 Å². The lowest BCUT2D eigenvalue weighted by Gasteiger charge is -2.42. The van der Waals surface area contributed by atoms with E-state index in [0.29, 0.717) is 6.07 Å². The third-order valence-corrected chi connectivity index (χ3v) is 4.06. The highest BCUT2D eigenvalue weighted by Crippen LogP contribution is 2.65. The summed E-state index contributed by atoms with van der Waals surface area (Å²) in [6, 6.07) is -0.0789. The minimum Gasteiger partial charge on any atom is -0.399 e. The van der Waals surface area contributed by atoms with Crippen molar-refractivity contribution in [2.24, 2.45) is 0 Å². The van der Waals surface area contributed by atoms with Crippen LogP contribution in [0, 0.1) is 0 Å². The van der Waals surface area contributed by atoms with Crippen molar-refractivity contribution in [1.82, 2.24) is 0 Å². The van der Waals surface area contributed by atoms with Crippen molar-refractivity contribution >= 4 is 11.4 Å². The van der Waals surface area contributed by atoms with E-state index in [1.807, 2.05) is 0 Å². The number of rotatable bonds is 7. The van der Waals surface area contributed by atoms with E-state index >= 15 is 0 Å². The first-order valence-electron chi connectivity index (χ1n) is 7.52. The second-order valence-corrected chi connectivity index (χ2v) is 6.41. The molecule has 0 atom stereocenters. The molecule has 1 aromatic rings. The van der Waals surface area contributed by atoms with Crippen LogP contribution < -0.4 is 11.5 Å². The third-order valence-electron chi connectivity index (χ3n) is 4.06. The largest absolute Gasteiger partial charge is 0.460 e. The Morgan fingerprint density at radius 2 is 0.667 bits per heavy atom. The average Bonchev–Trinajstić information content (AvgIpc) is 2.58. The number of nitrogens with two attached hydrogens (primary N) is 2. The van der Waals surface area contributed by atoms with Gasteiger partial charge in [-0.05, 0) is 18.2 Å². The minimum atomic E-state index is -8.67. The van der Waals surface area contributed by atoms with Crippen LogP contribution in [0.2, 0.25) is 0 Å². The minimum absolute atomic E-state index is 0.303. The number of nitrogen functional groups attached to an aromatic ring is 2. The van der Waals surface area contributed by atoms with Crippen molar-refractivity contribution in [3.63, 3.8) is 0 Å². The molecule has 0 bridgehead atoms. The van der Waals surface area contributed by atoms with Crippen LogP contribution in [0.4, 0.5) is 86.0 Å². The van der Waals surface area contributed by atoms with Crippen LogP contribution in [0.3, 0.4) is 0 Å². The van der Waals surface area contributed by atoms with Gasteiger partial charge in [-0.1, -0.05) is 0 Å². The topological polar surface area (TPSA) is 52.0 Å². The van der Waals surface area contributed by atoms with Gasteiger partial charge in [-0.2, -0.15) is 74.6 Å². The van der Waals surface area contributed by atoms with Crippen LogP contribution in [0.15, 0.2) is 18.2 Å². The monoisotopic (exact) mass is 526 g/mol. The van der Waals surface area contributed by atoms with Gasteiger partial charge in [-0.25, -0.2) is 0 Å². The van der Waals surface area contributed by atoms with Gasteiger partial charge in [-0.3, -0.25) is 0 Å². The van der Waals surface area contributed by atoms with Gasteiger partial charge in [0.05, 0.1) is 0 Å². The molecule has 0 aliphatic carbocycles. The molecule has 1 aromatic carbocycles. The van der Waals surface area contributed by atoms with Gasteiger partial charge in [0.15, 0.2) is 0 Å². The fourth-order valence-corrected chi connectivity index (χ4v) is 2.20. The molecule has 0 saturated carbocycles. The predicted molar refractivity (Wildman–Crippen MR) is 74.9 cm³/mol. The number of benzene rings is 1. The maximum atomic E-state index is 14.0. The maximum absolute atomic E-state index is 14.0. The molecule has 0 aliphatic rings. The molecule has 0 fully saturated rings. The normalized spacial score (nSPS) is 15.7. The molecule has 0 radical (unpaired) electrons. The fraction of sp³-hybridized carbons (Fsp3) is 0.571. The summed E-state index contributed by atoms with van der Waals surface area (Å²) in [6.45, 7) is 0. The Balaban J connectivity index is 3.76. The highest BCUT2D eigenvalue weighted by Gasteiger charge is 2.95. The van der Waals surface area contributed by atoms with E-state index in [2.05, 4.69) is 0 Å². The molecule has 192 valence electrons. The Morgan fingerprint density at radius 3 is 0.970 bits per heavy atom. The summed E-state index contributed by atoms with van der Waals surface area (Å²) in [5.41, 5.74) is 5.36. The molecule has 4 N–H and O–H groups in total. The summed E-state index contributed by atoms with van der Waals surface area (Å²) in [7, 11) is 0. The fourth-order valence-electron chi connectivity index (χ4n) is 2.20. The zero-order valence-corrected chi connectivity index (χ0v) is 14.8. The Labute approximate surface area is 170 Å². The molecule has 0 saturated heterocycles. The van der Waals surface area contributed by atoms with Crippen molar-refractivity contribution in [2.75, 3.05) is 11.5 Å². The van der Waals surface area contributed by atoms with E-state index < -0.39 is 64.6 Å². The summed E-state index contributed by atoms with van der Waals surface area (Å²) < 4.78 is 224. The molecule has 19 heteroatoms. The van der Waals surface area contributed by atoms with Crippen molar-refractivity contribution in [3.05, 3.63) is 23.8 Å². The third kappa shape index (κ3) is 3.66. The molecule has 0 aliphatic heterocycles. The van der Waals surface area contributed by atoms with Crippen molar-refractivity contribution in [1.29, 1.82) is 0 Å². The molecule has 0 aromatic heterocycles. The Bertz CT molecular complexity index is 866. The molecule has 33 heavy (non-hydrogen) atoms. The first kappa shape index (κ1) is 28.7. The Hall–Kier alpha value is -2.37. The number of anilines is 2. The van der Waals surface area contributed by atoms with Crippen LogP contribution in [-0.4, -0.2) is 41.7 Å². The summed E-state index contributed by atoms with van der Waals surface area (Å²) >= 11 is 0. The van der Waals surface area contributed by atoms with Gasteiger partial charge < -0.3 is 11.5 Å². The van der Waals surface area contributed by atoms with Crippen LogP contribution in [0.5, 0.6) is 0 Å². The Morgan fingerprint density at radius 1 is 0.394 bits per heavy atom. The van der Waals surface area contributed by atoms with Crippen LogP contribution in [0.25, 0.3) is 0 Å². The molecule has 1 rings (SSSR count). The van der Waals surface area contributed by atoms with E-state index in [1.165, 1.54) is 0 Å². The Kier molecular flexibility index (Phi) is 6.35. The van der Waals surface area contributed by atoms with Crippen molar-refractivity contribution in [2.45, 2.75) is 47.6 Å². The quantitative estimate of drug-likeness (QED) is 0.323. The van der Waals surface area contributed by atoms with E-state index in [4.69, 9.17) is 11.5 Å². The van der Waals surface area contributed by atoms with E-state index in [9.17, 15) is 74.6 Å². The van der Waals surface area contributed by atoms with Gasteiger partial charge in [0, 0.05) is 16.9 Å². The van der Waals surface area contributed by atoms with E-state index in [1.54, 1.807) is 0 Å². The lowest BCUT2D eigenvalue weighted by molar-refractivity contribution is -0.462. The number of halogens is 17. The van der Waals surface area contributed by atoms with Gasteiger partial charge in [0.1, 0.15) is 0 Å². The van der Waals surface area contributed by atoms with Crippen molar-refractivity contribution in [3.8, 4) is 0 Å². The zero-order valence-electron chi connectivity index (χ0n) is 14.8. The van der Waals surface area contributed by atoms with Crippen LogP contribution in [0.1, 0.15) is 5.56 Å². The smallest absolute Gasteiger partial charge is 0.399 e. The number of hydrogen-bond donors (Lipinski definition) is 2. The highest BCUT2D eigenvalue weighted by atomic mass is 19.4. The predicted octanol–water partition coefficient (Wildman–Crippen LogP) is 6.32. The summed E-state index contributed by atoms with van der Waals surface area (Å²) in [5, 5.41) is 0. The molecule has 0 amide bonds. The number of alkyl halides is 17. The second kappa shape index (κ2) is 7.31. The summed E-state index contributed by atoms with van der Waals surface area (Å²) in [6.07, 6.45) is -7.79. The first-order chi connectivity index (χ1) is 14.1. The molecule has 0 unspecified atom stereocenters. The lowest BCUT2D eigenvalue weighted by Crippen LogP contribution is -2.74. The zero-order chi connectivity index (χ0) is 26.9. The SMILES string of the molecule is Nc1cc(N)cc(C(F)(F)C(F)(F)C(F)(F)C(F)(F)C(F)(F)C(F)(F)C(F)(F)C(F)(F)F)c1. The maximum Gasteiger partial charge on any atom is 0.460 e. The van der Waals surface area contributed by atoms with E-state index in [-0.39, 0.29) is 12.1 Å².